The van der Waals surface area contributed by atoms with Crippen LogP contribution < -0.4 is 10.9 Å². The van der Waals surface area contributed by atoms with Gasteiger partial charge in [-0.1, -0.05) is 23.8 Å². The molecule has 0 bridgehead atoms. The summed E-state index contributed by atoms with van der Waals surface area (Å²) >= 11 is 5.68. The standard InChI is InChI=1S/C8H10ClN3O/c1-5(2)3-10-7-6(9)8(13)12-4-11-7/h4H,1,3H2,2H3,(H2,10,11,12,13). The minimum Gasteiger partial charge on any atom is -0.365 e. The van der Waals surface area contributed by atoms with Gasteiger partial charge in [0.15, 0.2) is 5.82 Å². The summed E-state index contributed by atoms with van der Waals surface area (Å²) in [6, 6.07) is 0. The van der Waals surface area contributed by atoms with Crippen molar-refractivity contribution in [2.75, 3.05) is 11.9 Å². The van der Waals surface area contributed by atoms with Crippen LogP contribution in [0, 0.1) is 0 Å². The predicted molar refractivity (Wildman–Crippen MR) is 53.2 cm³/mol. The fraction of sp³-hybridized carbons (Fsp3) is 0.250. The van der Waals surface area contributed by atoms with Gasteiger partial charge in [-0.3, -0.25) is 4.79 Å². The Labute approximate surface area is 80.7 Å². The van der Waals surface area contributed by atoms with Crippen molar-refractivity contribution in [2.45, 2.75) is 6.92 Å². The molecule has 13 heavy (non-hydrogen) atoms. The number of anilines is 1. The van der Waals surface area contributed by atoms with Gasteiger partial charge in [0.1, 0.15) is 5.02 Å². The molecule has 0 saturated heterocycles. The first-order chi connectivity index (χ1) is 6.11. The fourth-order valence-electron chi connectivity index (χ4n) is 0.741. The van der Waals surface area contributed by atoms with Gasteiger partial charge in [0.05, 0.1) is 6.33 Å². The molecule has 0 spiro atoms. The minimum atomic E-state index is -0.346. The Kier molecular flexibility index (Phi) is 3.08. The fourth-order valence-corrected chi connectivity index (χ4v) is 0.911. The lowest BCUT2D eigenvalue weighted by Gasteiger charge is -2.04. The Balaban J connectivity index is 2.83. The van der Waals surface area contributed by atoms with Crippen LogP contribution in [0.5, 0.6) is 0 Å². The van der Waals surface area contributed by atoms with E-state index in [9.17, 15) is 4.79 Å². The summed E-state index contributed by atoms with van der Waals surface area (Å²) in [6.07, 6.45) is 1.30. The summed E-state index contributed by atoms with van der Waals surface area (Å²) in [6.45, 7) is 6.12. The highest BCUT2D eigenvalue weighted by molar-refractivity contribution is 6.32. The van der Waals surface area contributed by atoms with Crippen LogP contribution >= 0.6 is 11.6 Å². The molecular weight excluding hydrogens is 190 g/mol. The lowest BCUT2D eigenvalue weighted by Crippen LogP contribution is -2.12. The zero-order valence-corrected chi connectivity index (χ0v) is 7.98. The molecule has 4 nitrogen and oxygen atoms in total. The van der Waals surface area contributed by atoms with E-state index in [2.05, 4.69) is 21.9 Å². The first-order valence-electron chi connectivity index (χ1n) is 3.72. The van der Waals surface area contributed by atoms with Crippen LogP contribution in [0.4, 0.5) is 5.82 Å². The van der Waals surface area contributed by atoms with Gasteiger partial charge in [0, 0.05) is 6.54 Å². The molecular formula is C8H10ClN3O. The number of rotatable bonds is 3. The topological polar surface area (TPSA) is 57.8 Å². The van der Waals surface area contributed by atoms with Crippen LogP contribution in [0.2, 0.25) is 5.02 Å². The summed E-state index contributed by atoms with van der Waals surface area (Å²) < 4.78 is 0. The van der Waals surface area contributed by atoms with Crippen molar-refractivity contribution in [2.24, 2.45) is 0 Å². The number of hydrogen-bond donors (Lipinski definition) is 2. The maximum atomic E-state index is 11.0. The summed E-state index contributed by atoms with van der Waals surface area (Å²) in [4.78, 5) is 17.2. The molecule has 0 fully saturated rings. The zero-order valence-electron chi connectivity index (χ0n) is 7.22. The van der Waals surface area contributed by atoms with E-state index >= 15 is 0 Å². The Morgan fingerprint density at radius 3 is 3.15 bits per heavy atom. The van der Waals surface area contributed by atoms with Gasteiger partial charge in [-0.15, -0.1) is 0 Å². The van der Waals surface area contributed by atoms with Crippen molar-refractivity contribution in [1.82, 2.24) is 9.97 Å². The highest BCUT2D eigenvalue weighted by atomic mass is 35.5. The van der Waals surface area contributed by atoms with Crippen LogP contribution in [-0.4, -0.2) is 16.5 Å². The minimum absolute atomic E-state index is 0.0729. The first-order valence-corrected chi connectivity index (χ1v) is 4.10. The van der Waals surface area contributed by atoms with Gasteiger partial charge in [-0.25, -0.2) is 4.98 Å². The van der Waals surface area contributed by atoms with Gasteiger partial charge in [0.2, 0.25) is 0 Å². The third-order valence-corrected chi connectivity index (χ3v) is 1.70. The Hall–Kier alpha value is -1.29. The second-order valence-electron chi connectivity index (χ2n) is 2.70. The van der Waals surface area contributed by atoms with Crippen LogP contribution in [0.3, 0.4) is 0 Å². The van der Waals surface area contributed by atoms with Gasteiger partial charge in [-0.05, 0) is 6.92 Å². The average Bonchev–Trinajstić information content (AvgIpc) is 2.07. The normalized spacial score (nSPS) is 9.69. The van der Waals surface area contributed by atoms with Crippen molar-refractivity contribution in [1.29, 1.82) is 0 Å². The van der Waals surface area contributed by atoms with Crippen molar-refractivity contribution in [3.8, 4) is 0 Å². The lowest BCUT2D eigenvalue weighted by atomic mass is 10.3. The zero-order chi connectivity index (χ0) is 9.84. The maximum absolute atomic E-state index is 11.0. The molecule has 1 aromatic rings. The van der Waals surface area contributed by atoms with Gasteiger partial charge >= 0.3 is 0 Å². The summed E-state index contributed by atoms with van der Waals surface area (Å²) in [7, 11) is 0. The molecule has 2 N–H and O–H groups in total. The van der Waals surface area contributed by atoms with E-state index in [1.807, 2.05) is 6.92 Å². The summed E-state index contributed by atoms with van der Waals surface area (Å²) in [5.74, 6) is 0.383. The van der Waals surface area contributed by atoms with E-state index in [1.54, 1.807) is 0 Å². The second kappa shape index (κ2) is 4.09. The number of nitrogens with one attached hydrogen (secondary N) is 2. The molecule has 0 saturated carbocycles. The quantitative estimate of drug-likeness (QED) is 0.724. The van der Waals surface area contributed by atoms with Crippen molar-refractivity contribution < 1.29 is 0 Å². The lowest BCUT2D eigenvalue weighted by molar-refractivity contribution is 1.09. The highest BCUT2D eigenvalue weighted by Gasteiger charge is 2.03. The predicted octanol–water partition coefficient (Wildman–Crippen LogP) is 1.41. The molecule has 0 radical (unpaired) electrons. The molecule has 0 amide bonds. The van der Waals surface area contributed by atoms with E-state index in [-0.39, 0.29) is 10.6 Å². The van der Waals surface area contributed by atoms with Crippen molar-refractivity contribution in [3.63, 3.8) is 0 Å². The molecule has 0 aliphatic rings. The molecule has 1 rings (SSSR count). The van der Waals surface area contributed by atoms with E-state index in [1.165, 1.54) is 6.33 Å². The molecule has 70 valence electrons. The third kappa shape index (κ3) is 2.59. The number of nitrogens with zero attached hydrogens (tertiary/aromatic N) is 1. The highest BCUT2D eigenvalue weighted by Crippen LogP contribution is 2.11. The largest absolute Gasteiger partial charge is 0.365 e. The number of hydrogen-bond acceptors (Lipinski definition) is 3. The van der Waals surface area contributed by atoms with E-state index in [0.29, 0.717) is 12.4 Å². The second-order valence-corrected chi connectivity index (χ2v) is 3.08. The monoisotopic (exact) mass is 199 g/mol. The number of aromatic amines is 1. The van der Waals surface area contributed by atoms with Crippen LogP contribution in [0.25, 0.3) is 0 Å². The summed E-state index contributed by atoms with van der Waals surface area (Å²) in [5, 5.41) is 2.96. The third-order valence-electron chi connectivity index (χ3n) is 1.35. The molecule has 0 unspecified atom stereocenters. The van der Waals surface area contributed by atoms with E-state index < -0.39 is 0 Å². The van der Waals surface area contributed by atoms with Crippen molar-refractivity contribution >= 4 is 17.4 Å². The molecule has 0 aliphatic carbocycles. The average molecular weight is 200 g/mol. The Morgan fingerprint density at radius 1 is 1.85 bits per heavy atom. The first kappa shape index (κ1) is 9.80. The van der Waals surface area contributed by atoms with Crippen LogP contribution in [0.1, 0.15) is 6.92 Å². The van der Waals surface area contributed by atoms with E-state index in [4.69, 9.17) is 11.6 Å². The number of aromatic nitrogens is 2. The summed E-state index contributed by atoms with van der Waals surface area (Å²) in [5.41, 5.74) is 0.596. The Morgan fingerprint density at radius 2 is 2.54 bits per heavy atom. The van der Waals surface area contributed by atoms with Gasteiger partial charge in [-0.2, -0.15) is 0 Å². The van der Waals surface area contributed by atoms with Crippen LogP contribution in [0.15, 0.2) is 23.3 Å². The molecule has 5 heteroatoms. The van der Waals surface area contributed by atoms with E-state index in [0.717, 1.165) is 5.57 Å². The molecule has 1 aromatic heterocycles. The Bertz CT molecular complexity index is 372. The molecule has 0 aromatic carbocycles. The van der Waals surface area contributed by atoms with Crippen molar-refractivity contribution in [3.05, 3.63) is 33.9 Å². The smallest absolute Gasteiger partial charge is 0.271 e. The SMILES string of the molecule is C=C(C)CNc1nc[nH]c(=O)c1Cl. The number of H-pyrrole nitrogens is 1. The molecule has 0 atom stereocenters. The van der Waals surface area contributed by atoms with Gasteiger partial charge < -0.3 is 10.3 Å². The van der Waals surface area contributed by atoms with Gasteiger partial charge in [0.25, 0.3) is 5.56 Å². The number of halogens is 1. The van der Waals surface area contributed by atoms with Crippen LogP contribution in [-0.2, 0) is 0 Å². The molecule has 1 heterocycles. The molecule has 0 aliphatic heterocycles. The maximum Gasteiger partial charge on any atom is 0.271 e.